The molecule has 0 bridgehead atoms. The summed E-state index contributed by atoms with van der Waals surface area (Å²) in [4.78, 5) is 0. The maximum atomic E-state index is 9.80. The molecule has 0 saturated carbocycles. The molecular weight excluding hydrogens is 364 g/mol. The third-order valence-electron chi connectivity index (χ3n) is 5.52. The molecule has 0 radical (unpaired) electrons. The minimum absolute atomic E-state index is 0.0228. The SMILES string of the molecule is CC(C)(C)c1ccc(-c2ccc(-c3ccc(C(C)(C)C)cc3C#N)cc2C#N)cc1. The van der Waals surface area contributed by atoms with E-state index in [-0.39, 0.29) is 10.8 Å². The molecule has 3 aromatic carbocycles. The van der Waals surface area contributed by atoms with Crippen LogP contribution in [0.4, 0.5) is 0 Å². The number of benzene rings is 3. The van der Waals surface area contributed by atoms with Crippen LogP contribution in [0, 0.1) is 22.7 Å². The summed E-state index contributed by atoms with van der Waals surface area (Å²) in [5.41, 5.74) is 7.38. The molecule has 0 amide bonds. The van der Waals surface area contributed by atoms with Crippen LogP contribution in [0.3, 0.4) is 0 Å². The lowest BCUT2D eigenvalue weighted by atomic mass is 9.84. The van der Waals surface area contributed by atoms with Crippen LogP contribution in [0.5, 0.6) is 0 Å². The number of nitriles is 2. The van der Waals surface area contributed by atoms with Gasteiger partial charge in [-0.2, -0.15) is 10.5 Å². The summed E-state index contributed by atoms with van der Waals surface area (Å²) in [5.74, 6) is 0. The summed E-state index contributed by atoms with van der Waals surface area (Å²) in [5, 5.41) is 19.5. The monoisotopic (exact) mass is 392 g/mol. The fraction of sp³-hybridized carbons (Fsp3) is 0.286. The van der Waals surface area contributed by atoms with E-state index in [0.717, 1.165) is 27.8 Å². The van der Waals surface area contributed by atoms with Crippen LogP contribution in [-0.4, -0.2) is 0 Å². The van der Waals surface area contributed by atoms with Crippen molar-refractivity contribution >= 4 is 0 Å². The van der Waals surface area contributed by atoms with Crippen LogP contribution in [0.15, 0.2) is 60.7 Å². The zero-order chi connectivity index (χ0) is 22.1. The van der Waals surface area contributed by atoms with Gasteiger partial charge in [0.25, 0.3) is 0 Å². The summed E-state index contributed by atoms with van der Waals surface area (Å²) in [6.45, 7) is 13.0. The van der Waals surface area contributed by atoms with Crippen molar-refractivity contribution in [1.29, 1.82) is 10.5 Å². The molecule has 0 spiro atoms. The van der Waals surface area contributed by atoms with Crippen molar-refractivity contribution in [1.82, 2.24) is 0 Å². The van der Waals surface area contributed by atoms with Gasteiger partial charge in [-0.25, -0.2) is 0 Å². The highest BCUT2D eigenvalue weighted by Crippen LogP contribution is 2.33. The van der Waals surface area contributed by atoms with Gasteiger partial charge < -0.3 is 0 Å². The van der Waals surface area contributed by atoms with E-state index in [1.165, 1.54) is 5.56 Å². The Kier molecular flexibility index (Phi) is 5.56. The van der Waals surface area contributed by atoms with Crippen molar-refractivity contribution in [3.8, 4) is 34.4 Å². The Balaban J connectivity index is 2.05. The van der Waals surface area contributed by atoms with Crippen molar-refractivity contribution in [2.45, 2.75) is 52.4 Å². The first kappa shape index (κ1) is 21.4. The number of rotatable bonds is 2. The normalized spacial score (nSPS) is 11.6. The lowest BCUT2D eigenvalue weighted by molar-refractivity contribution is 0.590. The maximum Gasteiger partial charge on any atom is 0.0998 e. The molecular formula is C28H28N2. The molecule has 150 valence electrons. The zero-order valence-electron chi connectivity index (χ0n) is 18.7. The molecule has 30 heavy (non-hydrogen) atoms. The first-order valence-corrected chi connectivity index (χ1v) is 10.2. The zero-order valence-corrected chi connectivity index (χ0v) is 18.7. The number of hydrogen-bond donors (Lipinski definition) is 0. The summed E-state index contributed by atoms with van der Waals surface area (Å²) in [6.07, 6.45) is 0. The highest BCUT2D eigenvalue weighted by Gasteiger charge is 2.17. The Hall–Kier alpha value is -3.36. The number of hydrogen-bond acceptors (Lipinski definition) is 2. The number of nitrogens with zero attached hydrogens (tertiary/aromatic N) is 2. The van der Waals surface area contributed by atoms with Gasteiger partial charge in [-0.05, 0) is 56.3 Å². The van der Waals surface area contributed by atoms with Gasteiger partial charge in [0.15, 0.2) is 0 Å². The Labute approximate surface area is 180 Å². The Morgan fingerprint density at radius 2 is 0.967 bits per heavy atom. The van der Waals surface area contributed by atoms with Gasteiger partial charge in [0.05, 0.1) is 23.3 Å². The minimum atomic E-state index is -0.0228. The van der Waals surface area contributed by atoms with Crippen molar-refractivity contribution in [3.63, 3.8) is 0 Å². The standard InChI is InChI=1S/C28H28N2/c1-27(2,3)23-10-7-19(8-11-23)25-13-9-20(15-21(25)17-29)26-14-12-24(28(4,5)6)16-22(26)18-30/h7-16H,1-6H3. The van der Waals surface area contributed by atoms with E-state index in [1.807, 2.05) is 30.3 Å². The largest absolute Gasteiger partial charge is 0.192 e. The van der Waals surface area contributed by atoms with Crippen LogP contribution < -0.4 is 0 Å². The molecule has 0 fully saturated rings. The van der Waals surface area contributed by atoms with Gasteiger partial charge in [-0.15, -0.1) is 0 Å². The summed E-state index contributed by atoms with van der Waals surface area (Å²) in [7, 11) is 0. The second-order valence-electron chi connectivity index (χ2n) is 9.82. The van der Waals surface area contributed by atoms with Gasteiger partial charge >= 0.3 is 0 Å². The van der Waals surface area contributed by atoms with Crippen molar-refractivity contribution in [3.05, 3.63) is 82.9 Å². The fourth-order valence-corrected chi connectivity index (χ4v) is 3.56. The second kappa shape index (κ2) is 7.81. The third-order valence-corrected chi connectivity index (χ3v) is 5.52. The average Bonchev–Trinajstić information content (AvgIpc) is 2.71. The van der Waals surface area contributed by atoms with E-state index < -0.39 is 0 Å². The molecule has 0 aromatic heterocycles. The van der Waals surface area contributed by atoms with E-state index >= 15 is 0 Å². The van der Waals surface area contributed by atoms with E-state index in [0.29, 0.717) is 11.1 Å². The molecule has 0 aliphatic carbocycles. The van der Waals surface area contributed by atoms with E-state index in [2.05, 4.69) is 84.0 Å². The van der Waals surface area contributed by atoms with Gasteiger partial charge in [0.1, 0.15) is 0 Å². The lowest BCUT2D eigenvalue weighted by Gasteiger charge is -2.20. The maximum absolute atomic E-state index is 9.80. The summed E-state index contributed by atoms with van der Waals surface area (Å²) >= 11 is 0. The fourth-order valence-electron chi connectivity index (χ4n) is 3.56. The van der Waals surface area contributed by atoms with E-state index in [1.54, 1.807) is 0 Å². The Morgan fingerprint density at radius 3 is 1.50 bits per heavy atom. The first-order valence-electron chi connectivity index (χ1n) is 10.2. The molecule has 0 unspecified atom stereocenters. The van der Waals surface area contributed by atoms with Gasteiger partial charge in [0, 0.05) is 0 Å². The smallest absolute Gasteiger partial charge is 0.0998 e. The van der Waals surface area contributed by atoms with Gasteiger partial charge in [-0.3, -0.25) is 0 Å². The molecule has 0 N–H and O–H groups in total. The molecule has 0 aliphatic rings. The van der Waals surface area contributed by atoms with Gasteiger partial charge in [-0.1, -0.05) is 90.1 Å². The van der Waals surface area contributed by atoms with Crippen molar-refractivity contribution in [2.75, 3.05) is 0 Å². The minimum Gasteiger partial charge on any atom is -0.192 e. The third kappa shape index (κ3) is 4.29. The second-order valence-corrected chi connectivity index (χ2v) is 9.82. The highest BCUT2D eigenvalue weighted by atomic mass is 14.3. The van der Waals surface area contributed by atoms with Crippen LogP contribution in [0.25, 0.3) is 22.3 Å². The van der Waals surface area contributed by atoms with Crippen LogP contribution in [0.1, 0.15) is 63.8 Å². The van der Waals surface area contributed by atoms with E-state index in [4.69, 9.17) is 0 Å². The molecule has 0 atom stereocenters. The van der Waals surface area contributed by atoms with Crippen LogP contribution in [-0.2, 0) is 10.8 Å². The van der Waals surface area contributed by atoms with Gasteiger partial charge in [0.2, 0.25) is 0 Å². The van der Waals surface area contributed by atoms with Crippen LogP contribution in [0.2, 0.25) is 0 Å². The first-order chi connectivity index (χ1) is 14.0. The Morgan fingerprint density at radius 1 is 0.533 bits per heavy atom. The topological polar surface area (TPSA) is 47.6 Å². The summed E-state index contributed by atoms with van der Waals surface area (Å²) < 4.78 is 0. The lowest BCUT2D eigenvalue weighted by Crippen LogP contribution is -2.11. The molecule has 2 nitrogen and oxygen atoms in total. The predicted molar refractivity (Wildman–Crippen MR) is 124 cm³/mol. The molecule has 0 heterocycles. The molecule has 2 heteroatoms. The quantitative estimate of drug-likeness (QED) is 0.457. The molecule has 3 rings (SSSR count). The Bertz CT molecular complexity index is 1160. The molecule has 3 aromatic rings. The molecule has 0 saturated heterocycles. The average molecular weight is 393 g/mol. The predicted octanol–water partition coefficient (Wildman–Crippen LogP) is 7.36. The summed E-state index contributed by atoms with van der Waals surface area (Å²) in [6, 6.07) is 25.0. The van der Waals surface area contributed by atoms with Crippen molar-refractivity contribution < 1.29 is 0 Å². The molecule has 0 aliphatic heterocycles. The van der Waals surface area contributed by atoms with E-state index in [9.17, 15) is 10.5 Å². The highest BCUT2D eigenvalue weighted by molar-refractivity contribution is 5.78. The van der Waals surface area contributed by atoms with Crippen molar-refractivity contribution in [2.24, 2.45) is 0 Å². The van der Waals surface area contributed by atoms with Crippen LogP contribution >= 0.6 is 0 Å².